The molecule has 2 aromatic rings. The summed E-state index contributed by atoms with van der Waals surface area (Å²) in [4.78, 5) is 35.5. The van der Waals surface area contributed by atoms with Gasteiger partial charge in [0, 0.05) is 18.8 Å². The second-order valence-corrected chi connectivity index (χ2v) is 5.48. The van der Waals surface area contributed by atoms with Gasteiger partial charge in [-0.05, 0) is 24.3 Å². The Kier molecular flexibility index (Phi) is 4.18. The number of amides is 2. The molecule has 1 aliphatic heterocycles. The van der Waals surface area contributed by atoms with Gasteiger partial charge in [0.15, 0.2) is 5.76 Å². The Labute approximate surface area is 141 Å². The summed E-state index contributed by atoms with van der Waals surface area (Å²) in [6.07, 6.45) is 0. The molecule has 1 fully saturated rings. The summed E-state index contributed by atoms with van der Waals surface area (Å²) in [6, 6.07) is 10.8. The first-order chi connectivity index (χ1) is 12.0. The Morgan fingerprint density at radius 1 is 1.32 bits per heavy atom. The zero-order chi connectivity index (χ0) is 18.0. The van der Waals surface area contributed by atoms with E-state index in [2.05, 4.69) is 5.32 Å². The number of benzene rings is 1. The maximum Gasteiger partial charge on any atom is 0.433 e. The average Bonchev–Trinajstić information content (AvgIpc) is 3.03. The van der Waals surface area contributed by atoms with Gasteiger partial charge >= 0.3 is 5.88 Å². The van der Waals surface area contributed by atoms with E-state index in [1.165, 1.54) is 11.0 Å². The average molecular weight is 340 g/mol. The molecule has 1 aliphatic rings. The number of likely N-dealkylation sites (tertiary alicyclic amines) is 1. The number of anilines is 1. The monoisotopic (exact) mass is 340 g/mol. The third-order valence-electron chi connectivity index (χ3n) is 3.78. The lowest BCUT2D eigenvalue weighted by Gasteiger charge is -2.37. The van der Waals surface area contributed by atoms with E-state index in [1.54, 1.807) is 24.3 Å². The van der Waals surface area contributed by atoms with Gasteiger partial charge in [-0.25, -0.2) is 0 Å². The summed E-state index contributed by atoms with van der Waals surface area (Å²) in [5.41, 5.74) is 0.943. The van der Waals surface area contributed by atoms with E-state index in [0.29, 0.717) is 11.3 Å². The number of nitro groups is 1. The molecule has 0 atom stereocenters. The number of nitrogens with one attached hydrogen (secondary N) is 1. The Balaban J connectivity index is 1.56. The van der Waals surface area contributed by atoms with Crippen LogP contribution in [-0.4, -0.2) is 34.7 Å². The maximum absolute atomic E-state index is 12.1. The predicted molar refractivity (Wildman–Crippen MR) is 84.5 cm³/mol. The van der Waals surface area contributed by atoms with Crippen molar-refractivity contribution in [2.45, 2.75) is 0 Å². The number of nitriles is 1. The fourth-order valence-corrected chi connectivity index (χ4v) is 2.42. The third-order valence-corrected chi connectivity index (χ3v) is 3.78. The fraction of sp³-hybridized carbons (Fsp3) is 0.188. The summed E-state index contributed by atoms with van der Waals surface area (Å²) in [5.74, 6) is -1.78. The van der Waals surface area contributed by atoms with Crippen LogP contribution in [0.1, 0.15) is 16.1 Å². The molecule has 0 saturated carbocycles. The first kappa shape index (κ1) is 16.2. The standard InChI is InChI=1S/C16H12N4O5/c17-7-10-2-1-3-12(6-10)18-15(21)11-8-19(9-11)16(22)13-4-5-14(25-13)20(23)24/h1-6,11H,8-9H2,(H,18,21). The predicted octanol–water partition coefficient (Wildman–Crippen LogP) is 1.77. The molecule has 9 heteroatoms. The molecule has 1 aromatic heterocycles. The summed E-state index contributed by atoms with van der Waals surface area (Å²) in [5, 5.41) is 22.1. The number of rotatable bonds is 4. The smallest absolute Gasteiger partial charge is 0.395 e. The highest BCUT2D eigenvalue weighted by Crippen LogP contribution is 2.23. The zero-order valence-electron chi connectivity index (χ0n) is 12.8. The Morgan fingerprint density at radius 2 is 2.08 bits per heavy atom. The molecule has 0 bridgehead atoms. The number of carbonyl (C=O) groups is 2. The van der Waals surface area contributed by atoms with Crippen LogP contribution in [0.25, 0.3) is 0 Å². The number of nitrogens with zero attached hydrogens (tertiary/aromatic N) is 3. The Hall–Kier alpha value is -3.67. The zero-order valence-corrected chi connectivity index (χ0v) is 12.8. The van der Waals surface area contributed by atoms with Gasteiger partial charge in [0.25, 0.3) is 5.91 Å². The SMILES string of the molecule is N#Cc1cccc(NC(=O)C2CN(C(=O)c3ccc([N+](=O)[O-])o3)C2)c1. The van der Waals surface area contributed by atoms with E-state index >= 15 is 0 Å². The highest BCUT2D eigenvalue weighted by molar-refractivity contribution is 5.97. The topological polar surface area (TPSA) is 129 Å². The van der Waals surface area contributed by atoms with Gasteiger partial charge in [0.05, 0.1) is 23.6 Å². The second-order valence-electron chi connectivity index (χ2n) is 5.48. The molecule has 9 nitrogen and oxygen atoms in total. The first-order valence-electron chi connectivity index (χ1n) is 7.32. The number of furan rings is 1. The van der Waals surface area contributed by atoms with Crippen molar-refractivity contribution in [2.24, 2.45) is 5.92 Å². The maximum atomic E-state index is 12.1. The van der Waals surface area contributed by atoms with Gasteiger partial charge in [-0.2, -0.15) is 5.26 Å². The molecule has 1 aromatic carbocycles. The summed E-state index contributed by atoms with van der Waals surface area (Å²) in [7, 11) is 0. The molecule has 3 rings (SSSR count). The van der Waals surface area contributed by atoms with E-state index in [-0.39, 0.29) is 30.7 Å². The van der Waals surface area contributed by atoms with Crippen LogP contribution in [0, 0.1) is 27.4 Å². The highest BCUT2D eigenvalue weighted by Gasteiger charge is 2.37. The molecule has 126 valence electrons. The highest BCUT2D eigenvalue weighted by atomic mass is 16.6. The van der Waals surface area contributed by atoms with E-state index in [9.17, 15) is 19.7 Å². The van der Waals surface area contributed by atoms with Crippen LogP contribution < -0.4 is 5.32 Å². The molecular weight excluding hydrogens is 328 g/mol. The van der Waals surface area contributed by atoms with Crippen LogP contribution in [0.4, 0.5) is 11.6 Å². The van der Waals surface area contributed by atoms with Crippen molar-refractivity contribution in [2.75, 3.05) is 18.4 Å². The molecular formula is C16H12N4O5. The number of hydrogen-bond acceptors (Lipinski definition) is 6. The minimum atomic E-state index is -0.724. The molecule has 1 saturated heterocycles. The van der Waals surface area contributed by atoms with Gasteiger partial charge in [0.1, 0.15) is 4.92 Å². The number of hydrogen-bond donors (Lipinski definition) is 1. The van der Waals surface area contributed by atoms with Crippen LogP contribution in [0.3, 0.4) is 0 Å². The lowest BCUT2D eigenvalue weighted by atomic mass is 9.98. The summed E-state index contributed by atoms with van der Waals surface area (Å²) >= 11 is 0. The minimum Gasteiger partial charge on any atom is -0.395 e. The minimum absolute atomic E-state index is 0.132. The van der Waals surface area contributed by atoms with E-state index in [0.717, 1.165) is 6.07 Å². The van der Waals surface area contributed by atoms with Crippen molar-refractivity contribution in [1.82, 2.24) is 4.90 Å². The lowest BCUT2D eigenvalue weighted by molar-refractivity contribution is -0.402. The van der Waals surface area contributed by atoms with E-state index in [1.807, 2.05) is 6.07 Å². The van der Waals surface area contributed by atoms with Gasteiger partial charge in [-0.3, -0.25) is 19.7 Å². The quantitative estimate of drug-likeness (QED) is 0.667. The van der Waals surface area contributed by atoms with Crippen molar-refractivity contribution in [3.05, 3.63) is 57.8 Å². The van der Waals surface area contributed by atoms with Crippen LogP contribution in [0.5, 0.6) is 0 Å². The van der Waals surface area contributed by atoms with E-state index in [4.69, 9.17) is 9.68 Å². The third kappa shape index (κ3) is 3.32. The molecule has 0 aliphatic carbocycles. The van der Waals surface area contributed by atoms with E-state index < -0.39 is 16.7 Å². The molecule has 25 heavy (non-hydrogen) atoms. The van der Waals surface area contributed by atoms with Crippen LogP contribution in [-0.2, 0) is 4.79 Å². The van der Waals surface area contributed by atoms with Gasteiger partial charge in [-0.15, -0.1) is 0 Å². The van der Waals surface area contributed by atoms with Crippen molar-refractivity contribution in [3.63, 3.8) is 0 Å². The molecule has 0 unspecified atom stereocenters. The Morgan fingerprint density at radius 3 is 2.72 bits per heavy atom. The van der Waals surface area contributed by atoms with Crippen molar-refractivity contribution < 1.29 is 18.9 Å². The van der Waals surface area contributed by atoms with Crippen LogP contribution in [0.2, 0.25) is 0 Å². The van der Waals surface area contributed by atoms with Crippen molar-refractivity contribution in [1.29, 1.82) is 5.26 Å². The molecule has 0 radical (unpaired) electrons. The second kappa shape index (κ2) is 6.45. The molecule has 2 heterocycles. The normalized spacial score (nSPS) is 13.6. The van der Waals surface area contributed by atoms with Crippen LogP contribution >= 0.6 is 0 Å². The van der Waals surface area contributed by atoms with Gasteiger partial charge < -0.3 is 14.6 Å². The lowest BCUT2D eigenvalue weighted by Crippen LogP contribution is -2.54. The fourth-order valence-electron chi connectivity index (χ4n) is 2.42. The first-order valence-corrected chi connectivity index (χ1v) is 7.32. The van der Waals surface area contributed by atoms with Crippen LogP contribution in [0.15, 0.2) is 40.8 Å². The van der Waals surface area contributed by atoms with Crippen molar-refractivity contribution in [3.8, 4) is 6.07 Å². The molecule has 1 N–H and O–H groups in total. The summed E-state index contributed by atoms with van der Waals surface area (Å²) in [6.45, 7) is 0.383. The van der Waals surface area contributed by atoms with Gasteiger partial charge in [0.2, 0.25) is 5.91 Å². The summed E-state index contributed by atoms with van der Waals surface area (Å²) < 4.78 is 4.86. The van der Waals surface area contributed by atoms with Gasteiger partial charge in [-0.1, -0.05) is 6.07 Å². The number of carbonyl (C=O) groups excluding carboxylic acids is 2. The Bertz CT molecular complexity index is 892. The molecule has 2 amide bonds. The van der Waals surface area contributed by atoms with Crippen molar-refractivity contribution >= 4 is 23.4 Å². The molecule has 0 spiro atoms. The largest absolute Gasteiger partial charge is 0.433 e.